The zero-order valence-corrected chi connectivity index (χ0v) is 12.0. The first kappa shape index (κ1) is 13.7. The summed E-state index contributed by atoms with van der Waals surface area (Å²) in [5.41, 5.74) is 2.29. The number of hydrogen-bond acceptors (Lipinski definition) is 2. The van der Waals surface area contributed by atoms with Crippen molar-refractivity contribution in [1.29, 1.82) is 0 Å². The fraction of sp³-hybridized carbons (Fsp3) is 0.133. The van der Waals surface area contributed by atoms with Crippen molar-refractivity contribution in [2.75, 3.05) is 11.9 Å². The molecule has 0 saturated heterocycles. The van der Waals surface area contributed by atoms with Gasteiger partial charge in [-0.15, -0.1) is 0 Å². The minimum atomic E-state index is -0.252. The maximum atomic E-state index is 13.1. The second-order valence-corrected chi connectivity index (χ2v) is 5.22. The lowest BCUT2D eigenvalue weighted by molar-refractivity contribution is 0.112. The number of benzene rings is 2. The third-order valence-corrected chi connectivity index (χ3v) is 3.33. The second kappa shape index (κ2) is 5.97. The van der Waals surface area contributed by atoms with Crippen molar-refractivity contribution in [3.05, 3.63) is 63.9 Å². The summed E-state index contributed by atoms with van der Waals surface area (Å²) in [7, 11) is 1.88. The number of aldehydes is 1. The Balaban J connectivity index is 2.24. The Bertz CT molecular complexity index is 600. The third kappa shape index (κ3) is 3.41. The van der Waals surface area contributed by atoms with E-state index < -0.39 is 0 Å². The van der Waals surface area contributed by atoms with Gasteiger partial charge in [0.2, 0.25) is 0 Å². The average Bonchev–Trinajstić information content (AvgIpc) is 2.38. The number of hydrogen-bond donors (Lipinski definition) is 0. The zero-order valence-electron chi connectivity index (χ0n) is 10.4. The van der Waals surface area contributed by atoms with Gasteiger partial charge in [-0.05, 0) is 35.9 Å². The Morgan fingerprint density at radius 1 is 1.26 bits per heavy atom. The molecule has 98 valence electrons. The van der Waals surface area contributed by atoms with E-state index in [1.54, 1.807) is 12.1 Å². The molecule has 0 saturated carbocycles. The van der Waals surface area contributed by atoms with Crippen LogP contribution in [0.25, 0.3) is 0 Å². The zero-order chi connectivity index (χ0) is 13.8. The summed E-state index contributed by atoms with van der Waals surface area (Å²) in [6, 6.07) is 12.0. The molecular weight excluding hydrogens is 309 g/mol. The van der Waals surface area contributed by atoms with Gasteiger partial charge >= 0.3 is 0 Å². The van der Waals surface area contributed by atoms with Gasteiger partial charge in [0.1, 0.15) is 5.82 Å². The van der Waals surface area contributed by atoms with Crippen LogP contribution in [0.15, 0.2) is 46.9 Å². The highest BCUT2D eigenvalue weighted by Crippen LogP contribution is 2.23. The van der Waals surface area contributed by atoms with E-state index in [1.165, 1.54) is 12.1 Å². The van der Waals surface area contributed by atoms with Crippen molar-refractivity contribution in [2.45, 2.75) is 6.54 Å². The molecule has 0 aliphatic carbocycles. The summed E-state index contributed by atoms with van der Waals surface area (Å²) in [4.78, 5) is 13.0. The first-order valence-electron chi connectivity index (χ1n) is 5.80. The maximum absolute atomic E-state index is 13.1. The van der Waals surface area contributed by atoms with Crippen molar-refractivity contribution in [1.82, 2.24) is 0 Å². The fourth-order valence-corrected chi connectivity index (χ4v) is 2.34. The van der Waals surface area contributed by atoms with Crippen LogP contribution in [0, 0.1) is 5.82 Å². The van der Waals surface area contributed by atoms with Crippen LogP contribution in [-0.2, 0) is 6.54 Å². The van der Waals surface area contributed by atoms with E-state index in [1.807, 2.05) is 30.1 Å². The lowest BCUT2D eigenvalue weighted by atomic mass is 10.1. The van der Waals surface area contributed by atoms with Crippen LogP contribution in [0.2, 0.25) is 0 Å². The molecule has 4 heteroatoms. The van der Waals surface area contributed by atoms with E-state index in [0.29, 0.717) is 12.1 Å². The van der Waals surface area contributed by atoms with Crippen LogP contribution in [0.4, 0.5) is 10.1 Å². The molecule has 0 unspecified atom stereocenters. The minimum absolute atomic E-state index is 0.252. The maximum Gasteiger partial charge on any atom is 0.152 e. The monoisotopic (exact) mass is 321 g/mol. The van der Waals surface area contributed by atoms with Crippen LogP contribution in [0.5, 0.6) is 0 Å². The molecule has 2 aromatic rings. The smallest absolute Gasteiger partial charge is 0.152 e. The highest BCUT2D eigenvalue weighted by molar-refractivity contribution is 9.10. The van der Waals surface area contributed by atoms with Gasteiger partial charge in [0.25, 0.3) is 0 Å². The molecule has 2 nitrogen and oxygen atoms in total. The van der Waals surface area contributed by atoms with Gasteiger partial charge < -0.3 is 4.90 Å². The molecule has 0 bridgehead atoms. The number of nitrogens with zero attached hydrogens (tertiary/aromatic N) is 1. The largest absolute Gasteiger partial charge is 0.370 e. The lowest BCUT2D eigenvalue weighted by Gasteiger charge is -2.21. The van der Waals surface area contributed by atoms with Crippen molar-refractivity contribution < 1.29 is 9.18 Å². The summed E-state index contributed by atoms with van der Waals surface area (Å²) in [5, 5.41) is 0. The molecule has 19 heavy (non-hydrogen) atoms. The van der Waals surface area contributed by atoms with Gasteiger partial charge in [0.15, 0.2) is 6.29 Å². The summed E-state index contributed by atoms with van der Waals surface area (Å²) in [5.74, 6) is -0.252. The number of anilines is 1. The molecule has 0 radical (unpaired) electrons. The van der Waals surface area contributed by atoms with E-state index in [4.69, 9.17) is 0 Å². The van der Waals surface area contributed by atoms with Crippen LogP contribution in [-0.4, -0.2) is 13.3 Å². The van der Waals surface area contributed by atoms with Crippen molar-refractivity contribution in [3.63, 3.8) is 0 Å². The number of halogens is 2. The number of carbonyl (C=O) groups excluding carboxylic acids is 1. The summed E-state index contributed by atoms with van der Waals surface area (Å²) in [6.45, 7) is 0.542. The van der Waals surface area contributed by atoms with Gasteiger partial charge in [0, 0.05) is 29.3 Å². The van der Waals surface area contributed by atoms with Gasteiger partial charge in [-0.25, -0.2) is 4.39 Å². The Hall–Kier alpha value is -1.68. The van der Waals surface area contributed by atoms with E-state index in [9.17, 15) is 9.18 Å². The average molecular weight is 322 g/mol. The van der Waals surface area contributed by atoms with Crippen LogP contribution >= 0.6 is 15.9 Å². The summed E-state index contributed by atoms with van der Waals surface area (Å²) < 4.78 is 14.0. The number of carbonyl (C=O) groups is 1. The molecule has 0 spiro atoms. The molecule has 0 amide bonds. The Kier molecular flexibility index (Phi) is 4.32. The molecule has 0 aromatic heterocycles. The molecule has 0 heterocycles. The second-order valence-electron chi connectivity index (χ2n) is 4.31. The van der Waals surface area contributed by atoms with Crippen molar-refractivity contribution in [3.8, 4) is 0 Å². The first-order valence-corrected chi connectivity index (χ1v) is 6.60. The molecule has 0 fully saturated rings. The molecule has 0 aliphatic heterocycles. The molecule has 0 aliphatic rings. The first-order chi connectivity index (χ1) is 9.10. The van der Waals surface area contributed by atoms with Crippen molar-refractivity contribution >= 4 is 27.9 Å². The fourth-order valence-electron chi connectivity index (χ4n) is 1.96. The van der Waals surface area contributed by atoms with Crippen molar-refractivity contribution in [2.24, 2.45) is 0 Å². The normalized spacial score (nSPS) is 10.3. The van der Waals surface area contributed by atoms with Gasteiger partial charge in [-0.1, -0.05) is 28.1 Å². The Morgan fingerprint density at radius 2 is 2.05 bits per heavy atom. The Labute approximate surface area is 120 Å². The molecule has 0 N–H and O–H groups in total. The van der Waals surface area contributed by atoms with E-state index in [-0.39, 0.29) is 5.82 Å². The molecule has 0 atom stereocenters. The van der Waals surface area contributed by atoms with Crippen LogP contribution in [0.1, 0.15) is 15.9 Å². The highest BCUT2D eigenvalue weighted by Gasteiger charge is 2.08. The lowest BCUT2D eigenvalue weighted by Crippen LogP contribution is -2.18. The Morgan fingerprint density at radius 3 is 2.74 bits per heavy atom. The van der Waals surface area contributed by atoms with Gasteiger partial charge in [-0.3, -0.25) is 4.79 Å². The van der Waals surface area contributed by atoms with Crippen LogP contribution in [0.3, 0.4) is 0 Å². The quantitative estimate of drug-likeness (QED) is 0.792. The van der Waals surface area contributed by atoms with E-state index in [2.05, 4.69) is 15.9 Å². The molecule has 2 aromatic carbocycles. The predicted octanol–water partition coefficient (Wildman–Crippen LogP) is 4.04. The standard InChI is InChI=1S/C15H13BrFNO/c1-18(9-11-3-2-4-14(17)7-11)15-6-5-13(16)8-12(15)10-19/h2-8,10H,9H2,1H3. The highest BCUT2D eigenvalue weighted by atomic mass is 79.9. The number of rotatable bonds is 4. The topological polar surface area (TPSA) is 20.3 Å². The van der Waals surface area contributed by atoms with E-state index in [0.717, 1.165) is 22.0 Å². The van der Waals surface area contributed by atoms with E-state index >= 15 is 0 Å². The molecule has 2 rings (SSSR count). The van der Waals surface area contributed by atoms with Gasteiger partial charge in [0.05, 0.1) is 0 Å². The molecular formula is C15H13BrFNO. The summed E-state index contributed by atoms with van der Waals surface area (Å²) in [6.07, 6.45) is 0.822. The van der Waals surface area contributed by atoms with Gasteiger partial charge in [-0.2, -0.15) is 0 Å². The van der Waals surface area contributed by atoms with Crippen LogP contribution < -0.4 is 4.90 Å². The predicted molar refractivity (Wildman–Crippen MR) is 78.0 cm³/mol. The summed E-state index contributed by atoms with van der Waals surface area (Å²) >= 11 is 3.34. The SMILES string of the molecule is CN(Cc1cccc(F)c1)c1ccc(Br)cc1C=O. The minimum Gasteiger partial charge on any atom is -0.370 e. The third-order valence-electron chi connectivity index (χ3n) is 2.84.